The van der Waals surface area contributed by atoms with Crippen molar-refractivity contribution in [3.8, 4) is 0 Å². The van der Waals surface area contributed by atoms with Crippen molar-refractivity contribution in [1.29, 1.82) is 0 Å². The number of thioether (sulfide) groups is 1. The van der Waals surface area contributed by atoms with E-state index >= 15 is 0 Å². The lowest BCUT2D eigenvalue weighted by Crippen LogP contribution is -2.29. The van der Waals surface area contributed by atoms with E-state index in [0.29, 0.717) is 21.4 Å². The lowest BCUT2D eigenvalue weighted by molar-refractivity contribution is -0.117. The molecular weight excluding hydrogens is 386 g/mol. The topological polar surface area (TPSA) is 81.3 Å². The predicted molar refractivity (Wildman–Crippen MR) is 108 cm³/mol. The maximum absolute atomic E-state index is 12.5. The standard InChI is InChI=1S/C18H20ClN5O2S/c1-11-5-6-13(12(19)9-11)20-15(25)10-23-17(26)24-14(21-23)7-8-16(22-24)27-18(2,3)4/h5-9H,10H2,1-4H3,(H,20,25). The summed E-state index contributed by atoms with van der Waals surface area (Å²) in [6.07, 6.45) is 0. The van der Waals surface area contributed by atoms with Gasteiger partial charge in [-0.2, -0.15) is 9.61 Å². The number of fused-ring (bicyclic) bond motifs is 1. The van der Waals surface area contributed by atoms with Crippen LogP contribution in [0, 0.1) is 6.92 Å². The van der Waals surface area contributed by atoms with Crippen LogP contribution in [0.15, 0.2) is 40.2 Å². The maximum Gasteiger partial charge on any atom is 0.367 e. The zero-order chi connectivity index (χ0) is 19.8. The van der Waals surface area contributed by atoms with E-state index in [0.717, 1.165) is 10.2 Å². The van der Waals surface area contributed by atoms with Gasteiger partial charge in [0.2, 0.25) is 5.91 Å². The van der Waals surface area contributed by atoms with Crippen molar-refractivity contribution in [3.05, 3.63) is 51.4 Å². The Morgan fingerprint density at radius 3 is 2.63 bits per heavy atom. The summed E-state index contributed by atoms with van der Waals surface area (Å²) in [6.45, 7) is 7.88. The van der Waals surface area contributed by atoms with Crippen LogP contribution >= 0.6 is 23.4 Å². The average molecular weight is 406 g/mol. The molecule has 27 heavy (non-hydrogen) atoms. The predicted octanol–water partition coefficient (Wildman–Crippen LogP) is 3.38. The first-order chi connectivity index (χ1) is 12.6. The van der Waals surface area contributed by atoms with Crippen LogP contribution in [0.2, 0.25) is 5.02 Å². The van der Waals surface area contributed by atoms with Crippen molar-refractivity contribution in [1.82, 2.24) is 19.4 Å². The van der Waals surface area contributed by atoms with Gasteiger partial charge in [-0.15, -0.1) is 5.10 Å². The van der Waals surface area contributed by atoms with Gasteiger partial charge < -0.3 is 5.32 Å². The maximum atomic E-state index is 12.5. The van der Waals surface area contributed by atoms with Crippen molar-refractivity contribution >= 4 is 40.6 Å². The molecule has 9 heteroatoms. The van der Waals surface area contributed by atoms with E-state index in [9.17, 15) is 9.59 Å². The van der Waals surface area contributed by atoms with Crippen LogP contribution in [0.5, 0.6) is 0 Å². The molecule has 0 fully saturated rings. The normalized spacial score (nSPS) is 11.7. The molecule has 7 nitrogen and oxygen atoms in total. The number of anilines is 1. The summed E-state index contributed by atoms with van der Waals surface area (Å²) in [4.78, 5) is 24.8. The van der Waals surface area contributed by atoms with Crippen molar-refractivity contribution < 1.29 is 4.79 Å². The molecule has 0 spiro atoms. The fraction of sp³-hybridized carbons (Fsp3) is 0.333. The zero-order valence-corrected chi connectivity index (χ0v) is 17.1. The second-order valence-electron chi connectivity index (χ2n) is 7.13. The number of aromatic nitrogens is 4. The fourth-order valence-corrected chi connectivity index (χ4v) is 3.58. The Bertz CT molecular complexity index is 1070. The second kappa shape index (κ2) is 7.36. The number of hydrogen-bond donors (Lipinski definition) is 1. The van der Waals surface area contributed by atoms with Gasteiger partial charge in [-0.25, -0.2) is 9.48 Å². The Morgan fingerprint density at radius 2 is 1.96 bits per heavy atom. The van der Waals surface area contributed by atoms with Gasteiger partial charge in [0.15, 0.2) is 5.65 Å². The van der Waals surface area contributed by atoms with Gasteiger partial charge >= 0.3 is 5.69 Å². The molecule has 0 unspecified atom stereocenters. The number of benzene rings is 1. The third-order valence-electron chi connectivity index (χ3n) is 3.52. The van der Waals surface area contributed by atoms with Crippen molar-refractivity contribution in [2.75, 3.05) is 5.32 Å². The lowest BCUT2D eigenvalue weighted by atomic mass is 10.2. The third-order valence-corrected chi connectivity index (χ3v) is 4.87. The van der Waals surface area contributed by atoms with Crippen molar-refractivity contribution in [2.45, 2.75) is 44.0 Å². The summed E-state index contributed by atoms with van der Waals surface area (Å²) in [6, 6.07) is 8.85. The minimum atomic E-state index is -0.466. The first-order valence-electron chi connectivity index (χ1n) is 8.34. The van der Waals surface area contributed by atoms with Crippen LogP contribution < -0.4 is 11.0 Å². The first-order valence-corrected chi connectivity index (χ1v) is 9.54. The molecule has 2 heterocycles. The molecule has 2 aromatic heterocycles. The number of hydrogen-bond acceptors (Lipinski definition) is 5. The van der Waals surface area contributed by atoms with E-state index in [1.807, 2.05) is 19.1 Å². The van der Waals surface area contributed by atoms with E-state index in [1.165, 1.54) is 4.52 Å². The summed E-state index contributed by atoms with van der Waals surface area (Å²) in [5.41, 5.74) is 1.40. The smallest absolute Gasteiger partial charge is 0.323 e. The number of nitrogens with zero attached hydrogens (tertiary/aromatic N) is 4. The zero-order valence-electron chi connectivity index (χ0n) is 15.5. The van der Waals surface area contributed by atoms with E-state index in [1.54, 1.807) is 30.0 Å². The Morgan fingerprint density at radius 1 is 1.22 bits per heavy atom. The van der Waals surface area contributed by atoms with Crippen LogP contribution in [0.25, 0.3) is 5.65 Å². The van der Waals surface area contributed by atoms with Gasteiger partial charge in [-0.05, 0) is 36.8 Å². The quantitative estimate of drug-likeness (QED) is 0.673. The summed E-state index contributed by atoms with van der Waals surface area (Å²) in [5, 5.41) is 12.3. The van der Waals surface area contributed by atoms with Gasteiger partial charge in [-0.1, -0.05) is 50.2 Å². The number of nitrogens with one attached hydrogen (secondary N) is 1. The monoisotopic (exact) mass is 405 g/mol. The Balaban J connectivity index is 1.81. The largest absolute Gasteiger partial charge is 0.367 e. The van der Waals surface area contributed by atoms with Gasteiger partial charge in [0.1, 0.15) is 11.6 Å². The number of halogens is 1. The molecule has 1 aromatic carbocycles. The van der Waals surface area contributed by atoms with Crippen LogP contribution in [0.4, 0.5) is 5.69 Å². The molecule has 0 radical (unpaired) electrons. The van der Waals surface area contributed by atoms with Crippen molar-refractivity contribution in [2.24, 2.45) is 0 Å². The number of carbonyl (C=O) groups is 1. The van der Waals surface area contributed by atoms with Crippen LogP contribution in [0.1, 0.15) is 26.3 Å². The molecule has 0 aliphatic carbocycles. The minimum Gasteiger partial charge on any atom is -0.323 e. The van der Waals surface area contributed by atoms with Gasteiger partial charge in [0.05, 0.1) is 10.7 Å². The molecule has 0 atom stereocenters. The molecule has 0 saturated heterocycles. The summed E-state index contributed by atoms with van der Waals surface area (Å²) in [5.74, 6) is -0.393. The summed E-state index contributed by atoms with van der Waals surface area (Å²) < 4.78 is 2.26. The lowest BCUT2D eigenvalue weighted by Gasteiger charge is -2.16. The third kappa shape index (κ3) is 4.70. The highest BCUT2D eigenvalue weighted by atomic mass is 35.5. The van der Waals surface area contributed by atoms with E-state index < -0.39 is 11.6 Å². The molecule has 0 aliphatic rings. The minimum absolute atomic E-state index is 0.0343. The van der Waals surface area contributed by atoms with E-state index in [4.69, 9.17) is 11.6 Å². The number of aryl methyl sites for hydroxylation is 1. The van der Waals surface area contributed by atoms with Crippen molar-refractivity contribution in [3.63, 3.8) is 0 Å². The fourth-order valence-electron chi connectivity index (χ4n) is 2.41. The highest BCUT2D eigenvalue weighted by Crippen LogP contribution is 2.29. The van der Waals surface area contributed by atoms with E-state index in [-0.39, 0.29) is 11.3 Å². The molecule has 0 saturated carbocycles. The van der Waals surface area contributed by atoms with E-state index in [2.05, 4.69) is 36.3 Å². The molecule has 1 N–H and O–H groups in total. The molecule has 1 amide bonds. The summed E-state index contributed by atoms with van der Waals surface area (Å²) in [7, 11) is 0. The first kappa shape index (κ1) is 19.4. The van der Waals surface area contributed by atoms with Crippen LogP contribution in [-0.4, -0.2) is 30.0 Å². The van der Waals surface area contributed by atoms with Gasteiger partial charge in [0, 0.05) is 4.75 Å². The molecule has 0 aliphatic heterocycles. The molecular formula is C18H20ClN5O2S. The highest BCUT2D eigenvalue weighted by molar-refractivity contribution is 8.00. The van der Waals surface area contributed by atoms with Gasteiger partial charge in [0.25, 0.3) is 0 Å². The molecule has 3 rings (SSSR count). The average Bonchev–Trinajstić information content (AvgIpc) is 2.85. The highest BCUT2D eigenvalue weighted by Gasteiger charge is 2.16. The number of carbonyl (C=O) groups excluding carboxylic acids is 1. The summed E-state index contributed by atoms with van der Waals surface area (Å²) >= 11 is 7.68. The SMILES string of the molecule is Cc1ccc(NC(=O)Cn2nc3ccc(SC(C)(C)C)nn3c2=O)c(Cl)c1. The molecule has 142 valence electrons. The van der Waals surface area contributed by atoms with Crippen LogP contribution in [-0.2, 0) is 11.3 Å². The number of rotatable bonds is 4. The molecule has 3 aromatic rings. The Labute approximate surface area is 165 Å². The second-order valence-corrected chi connectivity index (χ2v) is 9.38. The Hall–Kier alpha value is -2.32. The Kier molecular flexibility index (Phi) is 5.30. The van der Waals surface area contributed by atoms with Crippen LogP contribution in [0.3, 0.4) is 0 Å². The molecule has 0 bridgehead atoms. The number of amides is 1. The van der Waals surface area contributed by atoms with Gasteiger partial charge in [-0.3, -0.25) is 4.79 Å².